The number of fused-ring (bicyclic) bond motifs is 5. The van der Waals surface area contributed by atoms with E-state index < -0.39 is 0 Å². The Morgan fingerprint density at radius 1 is 1.10 bits per heavy atom. The fourth-order valence-electron chi connectivity index (χ4n) is 3.59. The summed E-state index contributed by atoms with van der Waals surface area (Å²) in [5.74, 6) is -0.603. The molecule has 0 aliphatic heterocycles. The molecule has 8 nitrogen and oxygen atoms in total. The molecule has 10 heteroatoms. The molecule has 0 saturated heterocycles. The summed E-state index contributed by atoms with van der Waals surface area (Å²) in [6, 6.07) is 8.70. The largest absolute Gasteiger partial charge is 0.272 e. The first-order valence-electron chi connectivity index (χ1n) is 9.62. The molecular formula is C20H18N6O2S2. The smallest absolute Gasteiger partial charge is 0.269 e. The van der Waals surface area contributed by atoms with Crippen LogP contribution in [0.2, 0.25) is 0 Å². The first-order chi connectivity index (χ1) is 14.7. The second-order valence-corrected chi connectivity index (χ2v) is 8.99. The molecule has 1 aromatic carbocycles. The van der Waals surface area contributed by atoms with Crippen LogP contribution in [-0.4, -0.2) is 37.1 Å². The molecule has 0 bridgehead atoms. The number of benzene rings is 1. The lowest BCUT2D eigenvalue weighted by Crippen LogP contribution is -2.42. The van der Waals surface area contributed by atoms with Crippen molar-refractivity contribution in [2.75, 3.05) is 5.75 Å². The van der Waals surface area contributed by atoms with Crippen molar-refractivity contribution >= 4 is 50.8 Å². The first-order valence-corrected chi connectivity index (χ1v) is 11.4. The summed E-state index contributed by atoms with van der Waals surface area (Å²) in [4.78, 5) is 31.2. The normalized spacial score (nSPS) is 13.3. The second kappa shape index (κ2) is 8.04. The number of nitrogens with zero attached hydrogens (tertiary/aromatic N) is 4. The minimum Gasteiger partial charge on any atom is -0.272 e. The van der Waals surface area contributed by atoms with Gasteiger partial charge in [0.1, 0.15) is 11.2 Å². The van der Waals surface area contributed by atoms with Gasteiger partial charge in [-0.15, -0.1) is 21.5 Å². The van der Waals surface area contributed by atoms with Crippen LogP contribution in [0.25, 0.3) is 15.9 Å². The molecule has 3 heterocycles. The number of aryl methyl sites for hydroxylation is 2. The molecule has 152 valence electrons. The Bertz CT molecular complexity index is 1250. The standard InChI is InChI=1S/C20H18N6O2S2/c27-15(22-24-18(28)12-6-2-1-3-7-12)10-29-20-25-23-17-16-13-8-4-5-9-14(13)30-19(16)21-11-26(17)20/h1-3,6-7,11H,4-5,8-10H2,(H,22,27)(H,24,28). The van der Waals surface area contributed by atoms with Gasteiger partial charge in [-0.1, -0.05) is 30.0 Å². The van der Waals surface area contributed by atoms with E-state index in [0.29, 0.717) is 10.7 Å². The van der Waals surface area contributed by atoms with Crippen LogP contribution in [0, 0.1) is 0 Å². The number of carbonyl (C=O) groups excluding carboxylic acids is 2. The summed E-state index contributed by atoms with van der Waals surface area (Å²) in [5, 5.41) is 10.3. The number of hydrogen-bond donors (Lipinski definition) is 2. The first kappa shape index (κ1) is 19.0. The van der Waals surface area contributed by atoms with Crippen LogP contribution >= 0.6 is 23.1 Å². The Morgan fingerprint density at radius 2 is 1.93 bits per heavy atom. The number of hydrogen-bond acceptors (Lipinski definition) is 7. The monoisotopic (exact) mass is 438 g/mol. The minimum absolute atomic E-state index is 0.0929. The third kappa shape index (κ3) is 3.52. The Hall–Kier alpha value is -2.98. The van der Waals surface area contributed by atoms with Gasteiger partial charge in [0, 0.05) is 10.4 Å². The lowest BCUT2D eigenvalue weighted by atomic mass is 9.97. The van der Waals surface area contributed by atoms with Gasteiger partial charge in [-0.2, -0.15) is 0 Å². The zero-order valence-corrected chi connectivity index (χ0v) is 17.6. The van der Waals surface area contributed by atoms with Crippen LogP contribution in [0.5, 0.6) is 0 Å². The Balaban J connectivity index is 1.28. The molecule has 2 N–H and O–H groups in total. The van der Waals surface area contributed by atoms with E-state index in [9.17, 15) is 9.59 Å². The predicted molar refractivity (Wildman–Crippen MR) is 116 cm³/mol. The van der Waals surface area contributed by atoms with Crippen LogP contribution < -0.4 is 10.9 Å². The highest BCUT2D eigenvalue weighted by atomic mass is 32.2. The molecule has 0 saturated carbocycles. The van der Waals surface area contributed by atoms with E-state index in [0.717, 1.165) is 28.7 Å². The molecule has 0 unspecified atom stereocenters. The maximum atomic E-state index is 12.2. The molecule has 1 aliphatic carbocycles. The van der Waals surface area contributed by atoms with Crippen molar-refractivity contribution in [1.29, 1.82) is 0 Å². The van der Waals surface area contributed by atoms with E-state index in [1.807, 2.05) is 10.5 Å². The van der Waals surface area contributed by atoms with Gasteiger partial charge in [-0.05, 0) is 43.4 Å². The number of aromatic nitrogens is 4. The van der Waals surface area contributed by atoms with Gasteiger partial charge < -0.3 is 0 Å². The number of nitrogens with one attached hydrogen (secondary N) is 2. The van der Waals surface area contributed by atoms with Gasteiger partial charge in [0.15, 0.2) is 10.8 Å². The van der Waals surface area contributed by atoms with E-state index in [1.165, 1.54) is 35.0 Å². The van der Waals surface area contributed by atoms with Gasteiger partial charge in [0.25, 0.3) is 5.91 Å². The fraction of sp³-hybridized carbons (Fsp3) is 0.250. The summed E-state index contributed by atoms with van der Waals surface area (Å²) in [5.41, 5.74) is 7.46. The maximum Gasteiger partial charge on any atom is 0.269 e. The van der Waals surface area contributed by atoms with Crippen molar-refractivity contribution < 1.29 is 9.59 Å². The number of hydrazine groups is 1. The van der Waals surface area contributed by atoms with Crippen molar-refractivity contribution in [2.24, 2.45) is 0 Å². The highest BCUT2D eigenvalue weighted by molar-refractivity contribution is 7.99. The van der Waals surface area contributed by atoms with Crippen molar-refractivity contribution in [1.82, 2.24) is 30.4 Å². The van der Waals surface area contributed by atoms with Gasteiger partial charge in [0.2, 0.25) is 5.91 Å². The summed E-state index contributed by atoms with van der Waals surface area (Å²) in [6.45, 7) is 0. The lowest BCUT2D eigenvalue weighted by molar-refractivity contribution is -0.119. The van der Waals surface area contributed by atoms with E-state index in [1.54, 1.807) is 41.9 Å². The lowest BCUT2D eigenvalue weighted by Gasteiger charge is -2.10. The third-order valence-electron chi connectivity index (χ3n) is 5.02. The molecule has 4 aromatic rings. The zero-order valence-electron chi connectivity index (χ0n) is 15.9. The van der Waals surface area contributed by atoms with E-state index in [4.69, 9.17) is 0 Å². The van der Waals surface area contributed by atoms with Crippen LogP contribution in [0.3, 0.4) is 0 Å². The second-order valence-electron chi connectivity index (χ2n) is 6.97. The highest BCUT2D eigenvalue weighted by Gasteiger charge is 2.21. The molecular weight excluding hydrogens is 420 g/mol. The van der Waals surface area contributed by atoms with Gasteiger partial charge in [0.05, 0.1) is 11.1 Å². The minimum atomic E-state index is -0.365. The average molecular weight is 439 g/mol. The summed E-state index contributed by atoms with van der Waals surface area (Å²) >= 11 is 3.00. The molecule has 5 rings (SSSR count). The van der Waals surface area contributed by atoms with E-state index in [2.05, 4.69) is 26.0 Å². The molecule has 0 radical (unpaired) electrons. The quantitative estimate of drug-likeness (QED) is 0.375. The number of amides is 2. The van der Waals surface area contributed by atoms with Crippen LogP contribution in [0.15, 0.2) is 41.8 Å². The molecule has 1 aliphatic rings. The van der Waals surface area contributed by atoms with Gasteiger partial charge in [-0.25, -0.2) is 4.98 Å². The molecule has 0 fully saturated rings. The van der Waals surface area contributed by atoms with E-state index >= 15 is 0 Å². The van der Waals surface area contributed by atoms with Crippen molar-refractivity contribution in [3.8, 4) is 0 Å². The van der Waals surface area contributed by atoms with Crippen LogP contribution in [0.1, 0.15) is 33.6 Å². The number of carbonyl (C=O) groups is 2. The highest BCUT2D eigenvalue weighted by Crippen LogP contribution is 2.37. The van der Waals surface area contributed by atoms with Crippen molar-refractivity contribution in [3.05, 3.63) is 52.7 Å². The molecule has 2 amide bonds. The molecule has 0 atom stereocenters. The average Bonchev–Trinajstić information content (AvgIpc) is 3.37. The SMILES string of the molecule is O=C(CSc1nnc2c3c4c(sc3ncn12)CCCC4)NNC(=O)c1ccccc1. The topological polar surface area (TPSA) is 101 Å². The molecule has 3 aromatic heterocycles. The van der Waals surface area contributed by atoms with Crippen LogP contribution in [-0.2, 0) is 17.6 Å². The Kier molecular flexibility index (Phi) is 5.09. The number of rotatable bonds is 4. The van der Waals surface area contributed by atoms with Crippen molar-refractivity contribution in [2.45, 2.75) is 30.8 Å². The Morgan fingerprint density at radius 3 is 2.80 bits per heavy atom. The van der Waals surface area contributed by atoms with Gasteiger partial charge >= 0.3 is 0 Å². The number of thioether (sulfide) groups is 1. The van der Waals surface area contributed by atoms with Gasteiger partial charge in [-0.3, -0.25) is 24.8 Å². The summed E-state index contributed by atoms with van der Waals surface area (Å²) in [6.07, 6.45) is 6.28. The van der Waals surface area contributed by atoms with E-state index in [-0.39, 0.29) is 17.6 Å². The third-order valence-corrected chi connectivity index (χ3v) is 7.16. The Labute approximate surface area is 180 Å². The molecule has 30 heavy (non-hydrogen) atoms. The zero-order chi connectivity index (χ0) is 20.5. The predicted octanol–water partition coefficient (Wildman–Crippen LogP) is 2.77. The van der Waals surface area contributed by atoms with Crippen LogP contribution in [0.4, 0.5) is 0 Å². The maximum absolute atomic E-state index is 12.2. The fourth-order valence-corrected chi connectivity index (χ4v) is 5.51. The number of thiophene rings is 1. The summed E-state index contributed by atoms with van der Waals surface area (Å²) in [7, 11) is 0. The van der Waals surface area contributed by atoms with Crippen molar-refractivity contribution in [3.63, 3.8) is 0 Å². The molecule has 0 spiro atoms. The summed E-state index contributed by atoms with van der Waals surface area (Å²) < 4.78 is 1.84.